The molecule has 25 heavy (non-hydrogen) atoms. The van der Waals surface area contributed by atoms with Crippen LogP contribution in [0.5, 0.6) is 0 Å². The Morgan fingerprint density at radius 2 is 1.68 bits per heavy atom. The Morgan fingerprint density at radius 1 is 1.04 bits per heavy atom. The molecule has 0 aromatic rings. The van der Waals surface area contributed by atoms with E-state index < -0.39 is 31.0 Å². The Bertz CT molecular complexity index is 334. The molecule has 0 spiro atoms. The number of allylic oxidation sites excluding steroid dienone is 1. The van der Waals surface area contributed by atoms with Crippen LogP contribution in [0.25, 0.3) is 0 Å². The summed E-state index contributed by atoms with van der Waals surface area (Å²) in [6.07, 6.45) is 14.1. The molecule has 1 aliphatic heterocycles. The van der Waals surface area contributed by atoms with Crippen molar-refractivity contribution >= 4 is 0 Å². The van der Waals surface area contributed by atoms with Crippen LogP contribution >= 0.6 is 0 Å². The summed E-state index contributed by atoms with van der Waals surface area (Å²) in [7, 11) is 0. The summed E-state index contributed by atoms with van der Waals surface area (Å²) in [6, 6.07) is 0. The third kappa shape index (κ3) is 9.71. The highest BCUT2D eigenvalue weighted by atomic mass is 16.6. The van der Waals surface area contributed by atoms with E-state index in [1.54, 1.807) is 0 Å². The van der Waals surface area contributed by atoms with Crippen LogP contribution in [-0.2, 0) is 9.47 Å². The Morgan fingerprint density at radius 3 is 2.32 bits per heavy atom. The molecule has 0 unspecified atom stereocenters. The minimum atomic E-state index is -1.02. The number of rotatable bonds is 15. The lowest BCUT2D eigenvalue weighted by Crippen LogP contribution is -2.42. The summed E-state index contributed by atoms with van der Waals surface area (Å²) in [5, 5.41) is 28.5. The largest absolute Gasteiger partial charge is 0.394 e. The van der Waals surface area contributed by atoms with Crippen LogP contribution in [0, 0.1) is 0 Å². The number of ether oxygens (including phenoxy) is 2. The number of aliphatic hydroxyl groups is 3. The van der Waals surface area contributed by atoms with Crippen molar-refractivity contribution in [2.45, 2.75) is 95.5 Å². The molecule has 1 saturated heterocycles. The van der Waals surface area contributed by atoms with Gasteiger partial charge in [-0.05, 0) is 12.8 Å². The quantitative estimate of drug-likeness (QED) is 0.310. The third-order valence-electron chi connectivity index (χ3n) is 4.75. The van der Waals surface area contributed by atoms with E-state index in [0.717, 1.165) is 6.42 Å². The van der Waals surface area contributed by atoms with Crippen molar-refractivity contribution in [1.29, 1.82) is 0 Å². The zero-order chi connectivity index (χ0) is 18.3. The summed E-state index contributed by atoms with van der Waals surface area (Å²) in [5.74, 6) is 0. The van der Waals surface area contributed by atoms with Crippen molar-refractivity contribution < 1.29 is 24.8 Å². The molecule has 0 aromatic carbocycles. The molecule has 0 bridgehead atoms. The lowest BCUT2D eigenvalue weighted by atomic mass is 10.1. The molecular formula is C20H38O5. The molecule has 0 radical (unpaired) electrons. The average molecular weight is 359 g/mol. The normalized spacial score (nSPS) is 25.0. The van der Waals surface area contributed by atoms with E-state index in [9.17, 15) is 10.2 Å². The van der Waals surface area contributed by atoms with Crippen molar-refractivity contribution in [3.05, 3.63) is 12.2 Å². The summed E-state index contributed by atoms with van der Waals surface area (Å²) < 4.78 is 10.9. The standard InChI is InChI=1S/C20H38O5/c1-2-3-4-5-6-7-8-9-10-11-12-13-14-24-20-18(23)16-25-19(20)17(22)15-21/h12-13,17-23H,2-11,14-16H2,1H3/b13-12+/t17-,18+,19+,20+/m0/s1. The van der Waals surface area contributed by atoms with E-state index in [-0.39, 0.29) is 6.61 Å². The molecule has 4 atom stereocenters. The van der Waals surface area contributed by atoms with Gasteiger partial charge in [0.25, 0.3) is 0 Å². The van der Waals surface area contributed by atoms with Crippen LogP contribution in [0.3, 0.4) is 0 Å². The van der Waals surface area contributed by atoms with Gasteiger partial charge >= 0.3 is 0 Å². The van der Waals surface area contributed by atoms with Gasteiger partial charge in [0.2, 0.25) is 0 Å². The van der Waals surface area contributed by atoms with E-state index in [0.29, 0.717) is 6.61 Å². The van der Waals surface area contributed by atoms with Crippen molar-refractivity contribution in [2.75, 3.05) is 19.8 Å². The number of unbranched alkanes of at least 4 members (excludes halogenated alkanes) is 9. The first kappa shape index (κ1) is 22.6. The minimum absolute atomic E-state index is 0.133. The highest BCUT2D eigenvalue weighted by Gasteiger charge is 2.40. The van der Waals surface area contributed by atoms with Gasteiger partial charge in [0.05, 0.1) is 19.8 Å². The molecule has 148 valence electrons. The predicted octanol–water partition coefficient (Wildman–Crippen LogP) is 2.96. The molecule has 1 aliphatic rings. The molecule has 0 aliphatic carbocycles. The number of aliphatic hydroxyl groups excluding tert-OH is 3. The summed E-state index contributed by atoms with van der Waals surface area (Å²) in [6.45, 7) is 2.37. The van der Waals surface area contributed by atoms with Crippen LogP contribution < -0.4 is 0 Å². The molecule has 0 saturated carbocycles. The first-order valence-electron chi connectivity index (χ1n) is 10.1. The Hall–Kier alpha value is -0.460. The van der Waals surface area contributed by atoms with Gasteiger partial charge in [0, 0.05) is 0 Å². The van der Waals surface area contributed by atoms with E-state index in [4.69, 9.17) is 14.6 Å². The topological polar surface area (TPSA) is 79.2 Å². The summed E-state index contributed by atoms with van der Waals surface area (Å²) in [5.41, 5.74) is 0. The van der Waals surface area contributed by atoms with Gasteiger partial charge < -0.3 is 24.8 Å². The Kier molecular flexibility index (Phi) is 13.3. The summed E-state index contributed by atoms with van der Waals surface area (Å²) >= 11 is 0. The Balaban J connectivity index is 1.99. The fourth-order valence-electron chi connectivity index (χ4n) is 3.18. The van der Waals surface area contributed by atoms with Gasteiger partial charge in [-0.25, -0.2) is 0 Å². The monoisotopic (exact) mass is 358 g/mol. The fourth-order valence-corrected chi connectivity index (χ4v) is 3.18. The maximum atomic E-state index is 9.83. The highest BCUT2D eigenvalue weighted by molar-refractivity contribution is 4.91. The van der Waals surface area contributed by atoms with Crippen LogP contribution in [0.15, 0.2) is 12.2 Å². The maximum Gasteiger partial charge on any atom is 0.115 e. The van der Waals surface area contributed by atoms with Crippen molar-refractivity contribution in [1.82, 2.24) is 0 Å². The second-order valence-corrected chi connectivity index (χ2v) is 7.00. The average Bonchev–Trinajstić information content (AvgIpc) is 2.99. The van der Waals surface area contributed by atoms with Crippen LogP contribution in [0.4, 0.5) is 0 Å². The van der Waals surface area contributed by atoms with Crippen molar-refractivity contribution in [3.8, 4) is 0 Å². The first-order valence-corrected chi connectivity index (χ1v) is 10.1. The molecule has 0 aromatic heterocycles. The zero-order valence-electron chi connectivity index (χ0n) is 15.8. The predicted molar refractivity (Wildman–Crippen MR) is 99.6 cm³/mol. The smallest absolute Gasteiger partial charge is 0.115 e. The number of hydrogen-bond donors (Lipinski definition) is 3. The lowest BCUT2D eigenvalue weighted by Gasteiger charge is -2.23. The molecular weight excluding hydrogens is 320 g/mol. The molecule has 1 fully saturated rings. The van der Waals surface area contributed by atoms with Gasteiger partial charge in [-0.3, -0.25) is 0 Å². The van der Waals surface area contributed by atoms with Gasteiger partial charge in [-0.2, -0.15) is 0 Å². The van der Waals surface area contributed by atoms with Gasteiger partial charge in [0.1, 0.15) is 24.4 Å². The van der Waals surface area contributed by atoms with Crippen molar-refractivity contribution in [2.24, 2.45) is 0 Å². The number of hydrogen-bond acceptors (Lipinski definition) is 5. The van der Waals surface area contributed by atoms with Gasteiger partial charge in [-0.1, -0.05) is 70.4 Å². The van der Waals surface area contributed by atoms with Crippen molar-refractivity contribution in [3.63, 3.8) is 0 Å². The summed E-state index contributed by atoms with van der Waals surface area (Å²) in [4.78, 5) is 0. The molecule has 3 N–H and O–H groups in total. The fraction of sp³-hybridized carbons (Fsp3) is 0.900. The SMILES string of the molecule is CCCCCCCCCCC/C=C/CO[C@H]1[C@@H]([C@@H](O)CO)OC[C@H]1O. The van der Waals surface area contributed by atoms with Gasteiger partial charge in [0.15, 0.2) is 0 Å². The second kappa shape index (κ2) is 14.7. The van der Waals surface area contributed by atoms with E-state index in [2.05, 4.69) is 13.0 Å². The molecule has 0 amide bonds. The lowest BCUT2D eigenvalue weighted by molar-refractivity contribution is -0.0879. The highest BCUT2D eigenvalue weighted by Crippen LogP contribution is 2.21. The molecule has 1 rings (SSSR count). The minimum Gasteiger partial charge on any atom is -0.394 e. The van der Waals surface area contributed by atoms with Gasteiger partial charge in [-0.15, -0.1) is 0 Å². The molecule has 5 heteroatoms. The maximum absolute atomic E-state index is 9.83. The van der Waals surface area contributed by atoms with E-state index >= 15 is 0 Å². The van der Waals surface area contributed by atoms with E-state index in [1.165, 1.54) is 57.8 Å². The molecule has 1 heterocycles. The third-order valence-corrected chi connectivity index (χ3v) is 4.75. The van der Waals surface area contributed by atoms with Crippen LogP contribution in [-0.4, -0.2) is 59.6 Å². The first-order chi connectivity index (χ1) is 12.2. The van der Waals surface area contributed by atoms with E-state index in [1.807, 2.05) is 6.08 Å². The Labute approximate surface area is 153 Å². The zero-order valence-corrected chi connectivity index (χ0v) is 15.8. The van der Waals surface area contributed by atoms with Crippen LogP contribution in [0.1, 0.15) is 71.1 Å². The second-order valence-electron chi connectivity index (χ2n) is 7.00. The molecule has 5 nitrogen and oxygen atoms in total. The van der Waals surface area contributed by atoms with Crippen LogP contribution in [0.2, 0.25) is 0 Å².